The molecule has 0 saturated carbocycles. The van der Waals surface area contributed by atoms with Gasteiger partial charge in [-0.25, -0.2) is 4.98 Å². The monoisotopic (exact) mass is 966 g/mol. The second kappa shape index (κ2) is 15.9. The van der Waals surface area contributed by atoms with Crippen LogP contribution in [0.2, 0.25) is 0 Å². The summed E-state index contributed by atoms with van der Waals surface area (Å²) in [7, 11) is 1.98. The summed E-state index contributed by atoms with van der Waals surface area (Å²) >= 11 is 0. The van der Waals surface area contributed by atoms with Crippen LogP contribution in [0.4, 0.5) is 11.4 Å². The van der Waals surface area contributed by atoms with E-state index < -0.39 is 27.4 Å². The van der Waals surface area contributed by atoms with Crippen LogP contribution in [0, 0.1) is 39.5 Å². The van der Waals surface area contributed by atoms with Crippen molar-refractivity contribution in [2.75, 3.05) is 11.9 Å². The quantitative estimate of drug-likeness (QED) is 0.165. The normalized spacial score (nSPS) is 17.0. The Labute approximate surface area is 381 Å². The van der Waals surface area contributed by atoms with Crippen LogP contribution in [0.3, 0.4) is 0 Å². The van der Waals surface area contributed by atoms with Gasteiger partial charge in [0.1, 0.15) is 11.1 Å². The Bertz CT molecular complexity index is 3660. The van der Waals surface area contributed by atoms with Crippen molar-refractivity contribution in [2.45, 2.75) is 33.6 Å². The number of aryl methyl sites for hydroxylation is 4. The number of anilines is 1. The molecule has 0 saturated heterocycles. The first-order valence-corrected chi connectivity index (χ1v) is 19.0. The minimum Gasteiger partial charge on any atom is -0.661 e. The van der Waals surface area contributed by atoms with Crippen LogP contribution in [-0.4, -0.2) is 17.0 Å². The van der Waals surface area contributed by atoms with Gasteiger partial charge in [0.05, 0.1) is 5.58 Å². The van der Waals surface area contributed by atoms with E-state index in [1.54, 1.807) is 42.5 Å². The van der Waals surface area contributed by atoms with E-state index in [9.17, 15) is 0 Å². The van der Waals surface area contributed by atoms with E-state index in [0.29, 0.717) is 55.0 Å². The number of hydrogen-bond acceptors (Lipinski definition) is 4. The topological polar surface area (TPSA) is 56.3 Å². The number of para-hydroxylation sites is 2. The van der Waals surface area contributed by atoms with Gasteiger partial charge in [-0.05, 0) is 101 Å². The second-order valence-electron chi connectivity index (χ2n) is 14.5. The molecule has 0 radical (unpaired) electrons. The van der Waals surface area contributed by atoms with Gasteiger partial charge in [-0.2, -0.15) is 35.4 Å². The number of rotatable bonds is 4. The SMILES string of the molecule is [2H]C([2H])([2H])c1c[c-]c(C2[N-]c3ccccc3N2C)cc1.[2H]C([2H])([2H])c1ccc2ccc3c4cc[c-]c(-c5cc(-c6cc7ccc(-c8ccccc8)cc7cc6C([2H])([2H])[2H])c(C([2H])([2H])[2H])cn5)c4oc3c2n1.[Ir+3]. The van der Waals surface area contributed by atoms with Gasteiger partial charge in [0.15, 0.2) is 0 Å². The Morgan fingerprint density at radius 3 is 2.32 bits per heavy atom. The Kier molecular flexibility index (Phi) is 7.20. The van der Waals surface area contributed by atoms with Gasteiger partial charge < -0.3 is 19.6 Å². The standard InChI is InChI=1S/C39H27N2O.C15H14N2.Ir/c1-23-18-30-19-28(26-8-5-4-6-9-26)14-15-29(30)20-34(23)35-21-36(40-22-24(35)2)33-11-7-10-31-32-17-16-27-13-12-25(3)41-37(27)39(32)42-38(31)33;1-11-7-9-12(10-8-11)15-16-13-5-3-4-6-14(13)17(15)2;/h4-10,12-22H,1-3H3;3-9,15H,1-2H3;/q-1;-2;+3/i1D3,2D3,3D3;1D3;. The molecular weight excluding hydrogens is 913 g/mol. The van der Waals surface area contributed by atoms with Crippen LogP contribution in [0.1, 0.15) is 50.6 Å². The molecule has 1 atom stereocenters. The predicted molar refractivity (Wildman–Crippen MR) is 244 cm³/mol. The van der Waals surface area contributed by atoms with E-state index in [2.05, 4.69) is 32.3 Å². The summed E-state index contributed by atoms with van der Waals surface area (Å²) in [6.07, 6.45) is 1.12. The molecule has 10 aromatic rings. The Morgan fingerprint density at radius 1 is 0.683 bits per heavy atom. The number of hydrogen-bond donors (Lipinski definition) is 0. The molecule has 0 N–H and O–H groups in total. The van der Waals surface area contributed by atoms with Gasteiger partial charge in [-0.15, -0.1) is 23.9 Å². The molecule has 0 aliphatic carbocycles. The van der Waals surface area contributed by atoms with E-state index in [1.165, 1.54) is 18.3 Å². The van der Waals surface area contributed by atoms with Crippen molar-refractivity contribution in [1.82, 2.24) is 9.97 Å². The molecule has 1 unspecified atom stereocenters. The molecule has 292 valence electrons. The zero-order valence-electron chi connectivity index (χ0n) is 44.0. The van der Waals surface area contributed by atoms with Crippen LogP contribution in [0.15, 0.2) is 156 Å². The van der Waals surface area contributed by atoms with Gasteiger partial charge in [0.2, 0.25) is 0 Å². The summed E-state index contributed by atoms with van der Waals surface area (Å²) in [6.45, 7) is -9.68. The van der Waals surface area contributed by atoms with E-state index >= 15 is 0 Å². The van der Waals surface area contributed by atoms with Crippen LogP contribution in [-0.2, 0) is 20.1 Å². The van der Waals surface area contributed by atoms with Gasteiger partial charge >= 0.3 is 20.1 Å². The predicted octanol–water partition coefficient (Wildman–Crippen LogP) is 14.4. The number of aromatic nitrogens is 2. The van der Waals surface area contributed by atoms with E-state index in [0.717, 1.165) is 33.5 Å². The maximum Gasteiger partial charge on any atom is 3.00 e. The third-order valence-electron chi connectivity index (χ3n) is 10.8. The summed E-state index contributed by atoms with van der Waals surface area (Å²) < 4.78 is 103. The average Bonchev–Trinajstić information content (AvgIpc) is 3.90. The fourth-order valence-electron chi connectivity index (χ4n) is 7.82. The van der Waals surface area contributed by atoms with Crippen molar-refractivity contribution >= 4 is 55.0 Å². The number of benzene rings is 7. The molecule has 7 aromatic carbocycles. The first kappa shape index (κ1) is 27.2. The summed E-state index contributed by atoms with van der Waals surface area (Å²) in [5, 5.41) is 8.21. The van der Waals surface area contributed by atoms with E-state index in [1.807, 2.05) is 98.0 Å². The third kappa shape index (κ3) is 7.02. The first-order valence-electron chi connectivity index (χ1n) is 25.0. The number of nitrogens with zero attached hydrogens (tertiary/aromatic N) is 4. The minimum absolute atomic E-state index is 0. The molecule has 60 heavy (non-hydrogen) atoms. The van der Waals surface area contributed by atoms with Gasteiger partial charge in [-0.3, -0.25) is 0 Å². The van der Waals surface area contributed by atoms with Crippen molar-refractivity contribution < 1.29 is 41.0 Å². The average molecular weight is 966 g/mol. The molecule has 0 spiro atoms. The molecule has 0 fully saturated rings. The number of furan rings is 1. The van der Waals surface area contributed by atoms with Crippen molar-refractivity contribution in [3.8, 4) is 33.5 Å². The van der Waals surface area contributed by atoms with Gasteiger partial charge in [0, 0.05) is 51.8 Å². The summed E-state index contributed by atoms with van der Waals surface area (Å²) in [4.78, 5) is 11.1. The van der Waals surface area contributed by atoms with Crippen LogP contribution >= 0.6 is 0 Å². The second-order valence-corrected chi connectivity index (χ2v) is 14.5. The third-order valence-corrected chi connectivity index (χ3v) is 10.8. The molecule has 11 rings (SSSR count). The zero-order chi connectivity index (χ0) is 50.2. The van der Waals surface area contributed by atoms with Crippen LogP contribution in [0.5, 0.6) is 0 Å². The van der Waals surface area contributed by atoms with Gasteiger partial charge in [0.25, 0.3) is 0 Å². The maximum atomic E-state index is 8.50. The maximum absolute atomic E-state index is 8.50. The molecular formula is C54H41IrN4O. The zero-order valence-corrected chi connectivity index (χ0v) is 34.4. The molecule has 1 aliphatic rings. The minimum atomic E-state index is -2.61. The molecule has 0 amide bonds. The van der Waals surface area contributed by atoms with Crippen molar-refractivity contribution in [2.24, 2.45) is 0 Å². The summed E-state index contributed by atoms with van der Waals surface area (Å²) in [6, 6.07) is 50.0. The fraction of sp³-hybridized carbons (Fsp3) is 0.111. The first-order chi connectivity index (χ1) is 33.6. The smallest absolute Gasteiger partial charge is 0.661 e. The van der Waals surface area contributed by atoms with Gasteiger partial charge in [-0.1, -0.05) is 109 Å². The Morgan fingerprint density at radius 2 is 1.50 bits per heavy atom. The van der Waals surface area contributed by atoms with Crippen LogP contribution < -0.4 is 4.90 Å². The van der Waals surface area contributed by atoms with Crippen molar-refractivity contribution in [3.63, 3.8) is 0 Å². The van der Waals surface area contributed by atoms with Crippen molar-refractivity contribution in [1.29, 1.82) is 0 Å². The molecule has 6 heteroatoms. The Balaban J connectivity index is 0.000000255. The van der Waals surface area contributed by atoms with E-state index in [4.69, 9.17) is 20.9 Å². The Hall–Kier alpha value is -6.59. The summed E-state index contributed by atoms with van der Waals surface area (Å²) in [5.74, 6) is 0. The number of fused-ring (bicyclic) bond motifs is 7. The van der Waals surface area contributed by atoms with E-state index in [-0.39, 0.29) is 54.2 Å². The fourth-order valence-corrected chi connectivity index (χ4v) is 7.82. The molecule has 1 aliphatic heterocycles. The molecule has 3 aromatic heterocycles. The van der Waals surface area contributed by atoms with Crippen molar-refractivity contribution in [3.05, 3.63) is 197 Å². The van der Waals surface area contributed by atoms with Crippen LogP contribution in [0.25, 0.3) is 82.4 Å². The molecule has 4 heterocycles. The molecule has 5 nitrogen and oxygen atoms in total. The number of pyridine rings is 2. The summed E-state index contributed by atoms with van der Waals surface area (Å²) in [5.41, 5.74) is 7.35. The largest absolute Gasteiger partial charge is 3.00 e. The molecule has 0 bridgehead atoms.